The highest BCUT2D eigenvalue weighted by atomic mass is 35.5. The number of benzene rings is 1. The Labute approximate surface area is 106 Å². The lowest BCUT2D eigenvalue weighted by atomic mass is 10.1. The molecule has 1 atom stereocenters. The predicted molar refractivity (Wildman–Crippen MR) is 71.1 cm³/mol. The molecule has 1 aromatic rings. The summed E-state index contributed by atoms with van der Waals surface area (Å²) in [6.07, 6.45) is 1.03. The summed E-state index contributed by atoms with van der Waals surface area (Å²) in [5.41, 5.74) is 3.51. The Morgan fingerprint density at radius 2 is 2.24 bits per heavy atom. The fraction of sp³-hybridized carbons (Fsp3) is 0.417. The maximum atomic E-state index is 11.9. The van der Waals surface area contributed by atoms with Crippen molar-refractivity contribution in [1.82, 2.24) is 5.32 Å². The molecule has 0 bridgehead atoms. The van der Waals surface area contributed by atoms with Crippen LogP contribution in [0.2, 0.25) is 5.02 Å². The lowest BCUT2D eigenvalue weighted by Gasteiger charge is -2.12. The van der Waals surface area contributed by atoms with Gasteiger partial charge in [0.05, 0.1) is 11.3 Å². The molecule has 0 fully saturated rings. The molecule has 0 aliphatic carbocycles. The molecular weight excluding hydrogens is 238 g/mol. The molecule has 1 rings (SSSR count). The Bertz CT molecular complexity index is 395. The fourth-order valence-corrected chi connectivity index (χ4v) is 1.51. The van der Waals surface area contributed by atoms with Crippen molar-refractivity contribution in [1.29, 1.82) is 0 Å². The van der Waals surface area contributed by atoms with E-state index in [1.807, 2.05) is 0 Å². The van der Waals surface area contributed by atoms with E-state index in [1.54, 1.807) is 18.2 Å². The zero-order valence-electron chi connectivity index (χ0n) is 10.1. The number of nitrogens with two attached hydrogens (primary N) is 1. The number of rotatable bonds is 5. The maximum Gasteiger partial charge on any atom is 0.253 e. The van der Waals surface area contributed by atoms with Gasteiger partial charge in [0.2, 0.25) is 0 Å². The topological polar surface area (TPSA) is 67.2 Å². The van der Waals surface area contributed by atoms with Crippen LogP contribution in [0.3, 0.4) is 0 Å². The average Bonchev–Trinajstić information content (AvgIpc) is 2.35. The quantitative estimate of drug-likeness (QED) is 0.559. The third-order valence-electron chi connectivity index (χ3n) is 2.69. The first kappa shape index (κ1) is 13.8. The minimum atomic E-state index is -0.166. The smallest absolute Gasteiger partial charge is 0.253 e. The van der Waals surface area contributed by atoms with Crippen LogP contribution in [0.4, 0.5) is 5.69 Å². The fourth-order valence-electron chi connectivity index (χ4n) is 1.34. The van der Waals surface area contributed by atoms with Gasteiger partial charge in [-0.1, -0.05) is 31.9 Å². The van der Waals surface area contributed by atoms with Crippen LogP contribution >= 0.6 is 11.6 Å². The van der Waals surface area contributed by atoms with Gasteiger partial charge in [-0.3, -0.25) is 10.6 Å². The molecule has 0 aromatic heterocycles. The van der Waals surface area contributed by atoms with Crippen molar-refractivity contribution in [3.63, 3.8) is 0 Å². The summed E-state index contributed by atoms with van der Waals surface area (Å²) in [6.45, 7) is 4.81. The van der Waals surface area contributed by atoms with E-state index in [0.717, 1.165) is 6.42 Å². The number of hydrazine groups is 1. The Balaban J connectivity index is 2.77. The second-order valence-electron chi connectivity index (χ2n) is 4.06. The Morgan fingerprint density at radius 1 is 1.53 bits per heavy atom. The standard InChI is InChI=1S/C12H18ClN3O/c1-3-8(2)7-15-12(17)10-6-9(13)4-5-11(10)16-14/h4-6,8,16H,3,7,14H2,1-2H3,(H,15,17). The van der Waals surface area contributed by atoms with E-state index >= 15 is 0 Å². The van der Waals surface area contributed by atoms with Gasteiger partial charge in [0.25, 0.3) is 5.91 Å². The second-order valence-corrected chi connectivity index (χ2v) is 4.49. The van der Waals surface area contributed by atoms with Crippen LogP contribution in [0.5, 0.6) is 0 Å². The molecule has 0 aliphatic heterocycles. The van der Waals surface area contributed by atoms with Crippen LogP contribution in [-0.4, -0.2) is 12.5 Å². The number of nitrogen functional groups attached to an aromatic ring is 1. The van der Waals surface area contributed by atoms with E-state index < -0.39 is 0 Å². The van der Waals surface area contributed by atoms with Gasteiger partial charge in [0, 0.05) is 11.6 Å². The second kappa shape index (κ2) is 6.47. The summed E-state index contributed by atoms with van der Waals surface area (Å²) >= 11 is 5.86. The molecule has 1 amide bonds. The summed E-state index contributed by atoms with van der Waals surface area (Å²) in [4.78, 5) is 11.9. The highest BCUT2D eigenvalue weighted by molar-refractivity contribution is 6.31. The van der Waals surface area contributed by atoms with Crippen LogP contribution in [0.1, 0.15) is 30.6 Å². The van der Waals surface area contributed by atoms with E-state index in [0.29, 0.717) is 28.7 Å². The summed E-state index contributed by atoms with van der Waals surface area (Å²) < 4.78 is 0. The van der Waals surface area contributed by atoms with Gasteiger partial charge in [-0.05, 0) is 24.1 Å². The Hall–Kier alpha value is -1.26. The van der Waals surface area contributed by atoms with Gasteiger partial charge in [-0.15, -0.1) is 0 Å². The number of halogens is 1. The molecule has 1 unspecified atom stereocenters. The van der Waals surface area contributed by atoms with Crippen LogP contribution < -0.4 is 16.6 Å². The van der Waals surface area contributed by atoms with Crippen LogP contribution in [0.15, 0.2) is 18.2 Å². The molecule has 0 radical (unpaired) electrons. The third-order valence-corrected chi connectivity index (χ3v) is 2.92. The highest BCUT2D eigenvalue weighted by Gasteiger charge is 2.12. The highest BCUT2D eigenvalue weighted by Crippen LogP contribution is 2.19. The van der Waals surface area contributed by atoms with Gasteiger partial charge in [-0.25, -0.2) is 0 Å². The number of carbonyl (C=O) groups excluding carboxylic acids is 1. The largest absolute Gasteiger partial charge is 0.352 e. The first-order valence-electron chi connectivity index (χ1n) is 5.62. The molecule has 1 aromatic carbocycles. The zero-order chi connectivity index (χ0) is 12.8. The van der Waals surface area contributed by atoms with Crippen molar-refractivity contribution in [2.45, 2.75) is 20.3 Å². The lowest BCUT2D eigenvalue weighted by molar-refractivity contribution is 0.0948. The maximum absolute atomic E-state index is 11.9. The minimum absolute atomic E-state index is 0.166. The van der Waals surface area contributed by atoms with E-state index in [1.165, 1.54) is 0 Å². The predicted octanol–water partition coefficient (Wildman–Crippen LogP) is 2.40. The molecule has 0 saturated carbocycles. The van der Waals surface area contributed by atoms with Crippen LogP contribution in [0, 0.1) is 5.92 Å². The van der Waals surface area contributed by atoms with Crippen molar-refractivity contribution < 1.29 is 4.79 Å². The molecule has 0 aliphatic rings. The number of hydrogen-bond donors (Lipinski definition) is 3. The molecule has 0 spiro atoms. The van der Waals surface area contributed by atoms with Gasteiger partial charge >= 0.3 is 0 Å². The number of carbonyl (C=O) groups is 1. The Kier molecular flexibility index (Phi) is 5.25. The number of amides is 1. The van der Waals surface area contributed by atoms with Crippen molar-refractivity contribution in [3.8, 4) is 0 Å². The summed E-state index contributed by atoms with van der Waals surface area (Å²) in [5, 5.41) is 3.37. The summed E-state index contributed by atoms with van der Waals surface area (Å²) in [5.74, 6) is 5.63. The van der Waals surface area contributed by atoms with E-state index in [9.17, 15) is 4.79 Å². The van der Waals surface area contributed by atoms with Gasteiger partial charge < -0.3 is 10.7 Å². The number of nitrogens with one attached hydrogen (secondary N) is 2. The lowest BCUT2D eigenvalue weighted by Crippen LogP contribution is -2.29. The van der Waals surface area contributed by atoms with E-state index in [-0.39, 0.29) is 5.91 Å². The molecule has 17 heavy (non-hydrogen) atoms. The normalized spacial score (nSPS) is 12.0. The van der Waals surface area contributed by atoms with Crippen LogP contribution in [-0.2, 0) is 0 Å². The van der Waals surface area contributed by atoms with Crippen molar-refractivity contribution in [2.75, 3.05) is 12.0 Å². The first-order valence-corrected chi connectivity index (χ1v) is 6.00. The van der Waals surface area contributed by atoms with E-state index in [4.69, 9.17) is 17.4 Å². The molecular formula is C12H18ClN3O. The molecule has 0 heterocycles. The molecule has 94 valence electrons. The minimum Gasteiger partial charge on any atom is -0.352 e. The van der Waals surface area contributed by atoms with Crippen molar-refractivity contribution in [3.05, 3.63) is 28.8 Å². The van der Waals surface area contributed by atoms with Gasteiger partial charge in [0.15, 0.2) is 0 Å². The van der Waals surface area contributed by atoms with Crippen LogP contribution in [0.25, 0.3) is 0 Å². The average molecular weight is 256 g/mol. The molecule has 0 saturated heterocycles. The van der Waals surface area contributed by atoms with Crippen molar-refractivity contribution in [2.24, 2.45) is 11.8 Å². The van der Waals surface area contributed by atoms with Gasteiger partial charge in [-0.2, -0.15) is 0 Å². The Morgan fingerprint density at radius 3 is 2.82 bits per heavy atom. The first-order chi connectivity index (χ1) is 8.08. The van der Waals surface area contributed by atoms with Gasteiger partial charge in [0.1, 0.15) is 0 Å². The summed E-state index contributed by atoms with van der Waals surface area (Å²) in [7, 11) is 0. The third kappa shape index (κ3) is 3.91. The monoisotopic (exact) mass is 255 g/mol. The number of anilines is 1. The molecule has 4 N–H and O–H groups in total. The number of hydrogen-bond acceptors (Lipinski definition) is 3. The molecule has 5 heteroatoms. The van der Waals surface area contributed by atoms with Crippen molar-refractivity contribution >= 4 is 23.2 Å². The molecule has 4 nitrogen and oxygen atoms in total. The summed E-state index contributed by atoms with van der Waals surface area (Å²) in [6, 6.07) is 4.96. The SMILES string of the molecule is CCC(C)CNC(=O)c1cc(Cl)ccc1NN. The zero-order valence-corrected chi connectivity index (χ0v) is 10.8. The van der Waals surface area contributed by atoms with E-state index in [2.05, 4.69) is 24.6 Å².